The van der Waals surface area contributed by atoms with Crippen LogP contribution >= 0.6 is 0 Å². The van der Waals surface area contributed by atoms with Crippen LogP contribution in [0.3, 0.4) is 0 Å². The van der Waals surface area contributed by atoms with E-state index in [0.717, 1.165) is 17.8 Å². The van der Waals surface area contributed by atoms with Gasteiger partial charge in [0.15, 0.2) is 0 Å². The molecule has 1 atom stereocenters. The first-order valence-corrected chi connectivity index (χ1v) is 6.93. The van der Waals surface area contributed by atoms with E-state index in [1.807, 2.05) is 0 Å². The average molecular weight is 218 g/mol. The van der Waals surface area contributed by atoms with Gasteiger partial charge in [0, 0.05) is 5.41 Å². The fraction of sp³-hybridized carbons (Fsp3) is 0.750. The van der Waals surface area contributed by atoms with E-state index in [0.29, 0.717) is 5.41 Å². The molecule has 0 saturated carbocycles. The van der Waals surface area contributed by atoms with Crippen molar-refractivity contribution in [2.45, 2.75) is 53.4 Å². The molecule has 0 aliphatic heterocycles. The third kappa shape index (κ3) is 1.77. The first kappa shape index (κ1) is 12.0. The van der Waals surface area contributed by atoms with Gasteiger partial charge >= 0.3 is 0 Å². The minimum atomic E-state index is 0.478. The lowest BCUT2D eigenvalue weighted by Gasteiger charge is -2.39. The summed E-state index contributed by atoms with van der Waals surface area (Å²) in [5.41, 5.74) is 2.27. The average Bonchev–Trinajstić information content (AvgIpc) is 2.87. The Balaban J connectivity index is 2.27. The summed E-state index contributed by atoms with van der Waals surface area (Å²) in [5.74, 6) is 2.43. The summed E-state index contributed by atoms with van der Waals surface area (Å²) in [5, 5.41) is 0. The maximum atomic E-state index is 2.57. The molecule has 0 spiro atoms. The molecule has 2 rings (SSSR count). The first-order chi connectivity index (χ1) is 7.58. The van der Waals surface area contributed by atoms with Crippen molar-refractivity contribution in [3.8, 4) is 0 Å². The molecule has 0 aromatic rings. The maximum absolute atomic E-state index is 2.57. The van der Waals surface area contributed by atoms with Gasteiger partial charge in [0.05, 0.1) is 0 Å². The molecule has 0 nitrogen and oxygen atoms in total. The molecular formula is C16H26. The molecule has 0 fully saturated rings. The van der Waals surface area contributed by atoms with Crippen molar-refractivity contribution in [1.29, 1.82) is 0 Å². The van der Waals surface area contributed by atoms with Crippen LogP contribution in [0.25, 0.3) is 0 Å². The summed E-state index contributed by atoms with van der Waals surface area (Å²) in [6.07, 6.45) is 12.6. The third-order valence-corrected chi connectivity index (χ3v) is 4.86. The topological polar surface area (TPSA) is 0 Å². The van der Waals surface area contributed by atoms with E-state index < -0.39 is 0 Å². The van der Waals surface area contributed by atoms with Crippen LogP contribution in [-0.2, 0) is 0 Å². The van der Waals surface area contributed by atoms with Gasteiger partial charge in [-0.15, -0.1) is 0 Å². The second-order valence-corrected chi connectivity index (χ2v) is 6.28. The molecule has 0 N–H and O–H groups in total. The second kappa shape index (κ2) is 4.39. The van der Waals surface area contributed by atoms with Crippen LogP contribution in [0.4, 0.5) is 0 Å². The number of allylic oxidation sites excluding steroid dienone is 4. The normalized spacial score (nSPS) is 28.1. The van der Waals surface area contributed by atoms with Crippen LogP contribution in [0, 0.1) is 23.2 Å². The van der Waals surface area contributed by atoms with Crippen molar-refractivity contribution in [2.24, 2.45) is 23.2 Å². The van der Waals surface area contributed by atoms with Crippen LogP contribution in [0.2, 0.25) is 0 Å². The van der Waals surface area contributed by atoms with Crippen molar-refractivity contribution in [3.63, 3.8) is 0 Å². The van der Waals surface area contributed by atoms with E-state index in [2.05, 4.69) is 45.9 Å². The lowest BCUT2D eigenvalue weighted by Crippen LogP contribution is -2.30. The van der Waals surface area contributed by atoms with Gasteiger partial charge in [-0.25, -0.2) is 0 Å². The monoisotopic (exact) mass is 218 g/mol. The highest BCUT2D eigenvalue weighted by molar-refractivity contribution is 5.28. The van der Waals surface area contributed by atoms with Crippen molar-refractivity contribution >= 4 is 0 Å². The smallest absolute Gasteiger partial charge is 0.000659 e. The van der Waals surface area contributed by atoms with Gasteiger partial charge in [-0.3, -0.25) is 0 Å². The lowest BCUT2D eigenvalue weighted by atomic mass is 9.65. The predicted molar refractivity (Wildman–Crippen MR) is 71.3 cm³/mol. The molecule has 0 radical (unpaired) electrons. The van der Waals surface area contributed by atoms with Crippen LogP contribution < -0.4 is 0 Å². The summed E-state index contributed by atoms with van der Waals surface area (Å²) in [6, 6.07) is 0. The lowest BCUT2D eigenvalue weighted by molar-refractivity contribution is 0.226. The van der Waals surface area contributed by atoms with Crippen molar-refractivity contribution < 1.29 is 0 Å². The summed E-state index contributed by atoms with van der Waals surface area (Å²) in [7, 11) is 0. The minimum Gasteiger partial charge on any atom is -0.0876 e. The van der Waals surface area contributed by atoms with Crippen molar-refractivity contribution in [2.75, 3.05) is 0 Å². The van der Waals surface area contributed by atoms with Gasteiger partial charge in [0.25, 0.3) is 0 Å². The molecule has 0 amide bonds. The first-order valence-electron chi connectivity index (χ1n) is 6.93. The van der Waals surface area contributed by atoms with Gasteiger partial charge in [0.1, 0.15) is 0 Å². The van der Waals surface area contributed by atoms with Crippen LogP contribution in [0.15, 0.2) is 23.8 Å². The van der Waals surface area contributed by atoms with E-state index in [-0.39, 0.29) is 0 Å². The third-order valence-electron chi connectivity index (χ3n) is 4.86. The van der Waals surface area contributed by atoms with Gasteiger partial charge in [-0.2, -0.15) is 0 Å². The molecule has 0 heteroatoms. The molecule has 0 aromatic carbocycles. The SMILES string of the molecule is CC(C)C1CCC=C1C1(C(C)C)CC=CC1. The molecule has 2 aliphatic rings. The van der Waals surface area contributed by atoms with E-state index in [4.69, 9.17) is 0 Å². The quantitative estimate of drug-likeness (QED) is 0.587. The molecule has 1 unspecified atom stereocenters. The predicted octanol–water partition coefficient (Wildman–Crippen LogP) is 4.97. The summed E-state index contributed by atoms with van der Waals surface area (Å²) < 4.78 is 0. The molecule has 0 aromatic heterocycles. The Bertz CT molecular complexity index is 296. The highest BCUT2D eigenvalue weighted by Crippen LogP contribution is 2.53. The Kier molecular flexibility index (Phi) is 3.28. The molecule has 0 heterocycles. The Morgan fingerprint density at radius 2 is 1.75 bits per heavy atom. The summed E-state index contributed by atoms with van der Waals surface area (Å²) in [6.45, 7) is 9.59. The van der Waals surface area contributed by atoms with Gasteiger partial charge in [-0.05, 0) is 43.4 Å². The zero-order valence-electron chi connectivity index (χ0n) is 11.3. The molecule has 90 valence electrons. The highest BCUT2D eigenvalue weighted by Gasteiger charge is 2.42. The second-order valence-electron chi connectivity index (χ2n) is 6.28. The minimum absolute atomic E-state index is 0.478. The summed E-state index contributed by atoms with van der Waals surface area (Å²) >= 11 is 0. The van der Waals surface area contributed by atoms with Crippen molar-refractivity contribution in [1.82, 2.24) is 0 Å². The standard InChI is InChI=1S/C16H26/c1-12(2)14-8-7-9-15(14)16(13(3)4)10-5-6-11-16/h5-6,9,12-14H,7-8,10-11H2,1-4H3. The van der Waals surface area contributed by atoms with Crippen LogP contribution in [-0.4, -0.2) is 0 Å². The fourth-order valence-electron chi connectivity index (χ4n) is 3.70. The molecule has 16 heavy (non-hydrogen) atoms. The number of hydrogen-bond donors (Lipinski definition) is 0. The summed E-state index contributed by atoms with van der Waals surface area (Å²) in [4.78, 5) is 0. The van der Waals surface area contributed by atoms with E-state index in [1.165, 1.54) is 25.7 Å². The van der Waals surface area contributed by atoms with Gasteiger partial charge in [-0.1, -0.05) is 51.5 Å². The van der Waals surface area contributed by atoms with Crippen molar-refractivity contribution in [3.05, 3.63) is 23.8 Å². The van der Waals surface area contributed by atoms with E-state index >= 15 is 0 Å². The van der Waals surface area contributed by atoms with E-state index in [1.54, 1.807) is 5.57 Å². The Labute approximate surface area is 101 Å². The number of rotatable bonds is 3. The zero-order chi connectivity index (χ0) is 11.8. The molecule has 0 saturated heterocycles. The Morgan fingerprint density at radius 1 is 1.12 bits per heavy atom. The fourth-order valence-corrected chi connectivity index (χ4v) is 3.70. The zero-order valence-corrected chi connectivity index (χ0v) is 11.3. The Morgan fingerprint density at radius 3 is 2.25 bits per heavy atom. The van der Waals surface area contributed by atoms with E-state index in [9.17, 15) is 0 Å². The maximum Gasteiger partial charge on any atom is 0.000659 e. The molecular weight excluding hydrogens is 192 g/mol. The number of hydrogen-bond acceptors (Lipinski definition) is 0. The van der Waals surface area contributed by atoms with Crippen LogP contribution in [0.1, 0.15) is 53.4 Å². The van der Waals surface area contributed by atoms with Gasteiger partial charge < -0.3 is 0 Å². The molecule has 2 aliphatic carbocycles. The van der Waals surface area contributed by atoms with Crippen LogP contribution in [0.5, 0.6) is 0 Å². The Hall–Kier alpha value is -0.520. The largest absolute Gasteiger partial charge is 0.0876 e. The molecule has 0 bridgehead atoms. The van der Waals surface area contributed by atoms with Gasteiger partial charge in [0.2, 0.25) is 0 Å². The highest BCUT2D eigenvalue weighted by atomic mass is 14.5.